The summed E-state index contributed by atoms with van der Waals surface area (Å²) in [6.07, 6.45) is 1.72. The lowest BCUT2D eigenvalue weighted by Crippen LogP contribution is -2.11. The predicted octanol–water partition coefficient (Wildman–Crippen LogP) is 4.09. The van der Waals surface area contributed by atoms with E-state index in [0.717, 1.165) is 18.9 Å². The average molecular weight is 231 g/mol. The lowest BCUT2D eigenvalue weighted by atomic mass is 9.90. The van der Waals surface area contributed by atoms with E-state index in [4.69, 9.17) is 11.6 Å². The van der Waals surface area contributed by atoms with Gasteiger partial charge in [0.05, 0.1) is 0 Å². The van der Waals surface area contributed by atoms with Crippen LogP contribution in [0.2, 0.25) is 0 Å². The smallest absolute Gasteiger partial charge is 0.162 e. The minimum Gasteiger partial charge on any atom is -0.204 e. The summed E-state index contributed by atoms with van der Waals surface area (Å²) in [5.74, 6) is -1.20. The van der Waals surface area contributed by atoms with Gasteiger partial charge in [-0.05, 0) is 36.3 Å². The first-order valence-corrected chi connectivity index (χ1v) is 5.63. The molecule has 1 aliphatic carbocycles. The van der Waals surface area contributed by atoms with Gasteiger partial charge in [-0.15, -0.1) is 11.6 Å². The molecule has 0 nitrogen and oxygen atoms in total. The minimum atomic E-state index is -0.766. The molecule has 1 aromatic carbocycles. The Labute approximate surface area is 93.2 Å². The lowest BCUT2D eigenvalue weighted by molar-refractivity contribution is 0.463. The van der Waals surface area contributed by atoms with E-state index in [1.807, 2.05) is 6.92 Å². The Morgan fingerprint density at radius 1 is 1.27 bits per heavy atom. The molecule has 1 aromatic rings. The predicted molar refractivity (Wildman–Crippen MR) is 57.1 cm³/mol. The van der Waals surface area contributed by atoms with E-state index in [-0.39, 0.29) is 17.2 Å². The maximum absolute atomic E-state index is 13.5. The van der Waals surface area contributed by atoms with Gasteiger partial charge < -0.3 is 0 Å². The van der Waals surface area contributed by atoms with Crippen LogP contribution in [0, 0.1) is 17.6 Å². The highest BCUT2D eigenvalue weighted by Crippen LogP contribution is 2.43. The molecule has 0 spiro atoms. The molecule has 1 aliphatic rings. The highest BCUT2D eigenvalue weighted by molar-refractivity contribution is 6.21. The zero-order valence-electron chi connectivity index (χ0n) is 8.51. The molecule has 1 fully saturated rings. The topological polar surface area (TPSA) is 0 Å². The van der Waals surface area contributed by atoms with Crippen LogP contribution < -0.4 is 0 Å². The number of halogens is 3. The summed E-state index contributed by atoms with van der Waals surface area (Å²) in [6, 6.07) is 4.37. The van der Waals surface area contributed by atoms with E-state index in [1.165, 1.54) is 0 Å². The van der Waals surface area contributed by atoms with Gasteiger partial charge in [0.1, 0.15) is 0 Å². The Bertz CT molecular complexity index is 365. The molecule has 0 heterocycles. The zero-order chi connectivity index (χ0) is 11.0. The lowest BCUT2D eigenvalue weighted by Gasteiger charge is -2.18. The van der Waals surface area contributed by atoms with E-state index in [0.29, 0.717) is 5.56 Å². The molecular formula is C12H13ClF2. The number of rotatable bonds is 1. The van der Waals surface area contributed by atoms with Crippen molar-refractivity contribution >= 4 is 11.6 Å². The molecule has 0 bridgehead atoms. The van der Waals surface area contributed by atoms with E-state index in [1.54, 1.807) is 12.1 Å². The molecular weight excluding hydrogens is 218 g/mol. The Hall–Kier alpha value is -0.630. The van der Waals surface area contributed by atoms with Gasteiger partial charge in [-0.2, -0.15) is 0 Å². The van der Waals surface area contributed by atoms with Crippen molar-refractivity contribution in [2.45, 2.75) is 31.1 Å². The Morgan fingerprint density at radius 3 is 2.60 bits per heavy atom. The van der Waals surface area contributed by atoms with Crippen molar-refractivity contribution in [2.24, 2.45) is 5.92 Å². The van der Waals surface area contributed by atoms with Crippen molar-refractivity contribution in [3.05, 3.63) is 35.4 Å². The molecule has 3 heteroatoms. The van der Waals surface area contributed by atoms with Crippen LogP contribution in [0.25, 0.3) is 0 Å². The molecule has 15 heavy (non-hydrogen) atoms. The molecule has 0 saturated heterocycles. The van der Waals surface area contributed by atoms with Crippen LogP contribution in [0.5, 0.6) is 0 Å². The molecule has 0 radical (unpaired) electrons. The van der Waals surface area contributed by atoms with Gasteiger partial charge >= 0.3 is 0 Å². The van der Waals surface area contributed by atoms with Crippen molar-refractivity contribution in [1.29, 1.82) is 0 Å². The summed E-state index contributed by atoms with van der Waals surface area (Å²) in [6.45, 7) is 2.00. The fourth-order valence-electron chi connectivity index (χ4n) is 2.36. The molecule has 2 rings (SSSR count). The van der Waals surface area contributed by atoms with E-state index in [9.17, 15) is 8.78 Å². The Kier molecular flexibility index (Phi) is 2.96. The van der Waals surface area contributed by atoms with Crippen molar-refractivity contribution < 1.29 is 8.78 Å². The standard InChI is InChI=1S/C12H13ClF2/c1-7-8(5-6-10(7)13)9-3-2-4-11(14)12(9)15/h2-4,7-8,10H,5-6H2,1H3. The van der Waals surface area contributed by atoms with Crippen LogP contribution in [0.4, 0.5) is 8.78 Å². The monoisotopic (exact) mass is 230 g/mol. The van der Waals surface area contributed by atoms with Crippen LogP contribution in [-0.2, 0) is 0 Å². The fourth-order valence-corrected chi connectivity index (χ4v) is 2.66. The van der Waals surface area contributed by atoms with Gasteiger partial charge in [0, 0.05) is 5.38 Å². The van der Waals surface area contributed by atoms with Gasteiger partial charge in [0.15, 0.2) is 11.6 Å². The van der Waals surface area contributed by atoms with Crippen molar-refractivity contribution in [3.63, 3.8) is 0 Å². The maximum atomic E-state index is 13.5. The van der Waals surface area contributed by atoms with Crippen LogP contribution in [0.15, 0.2) is 18.2 Å². The van der Waals surface area contributed by atoms with Gasteiger partial charge in [-0.3, -0.25) is 0 Å². The summed E-state index contributed by atoms with van der Waals surface area (Å²) < 4.78 is 26.6. The van der Waals surface area contributed by atoms with Gasteiger partial charge in [0.2, 0.25) is 0 Å². The third-order valence-corrected chi connectivity index (χ3v) is 3.96. The zero-order valence-corrected chi connectivity index (χ0v) is 9.27. The minimum absolute atomic E-state index is 0.0585. The largest absolute Gasteiger partial charge is 0.204 e. The van der Waals surface area contributed by atoms with Crippen molar-refractivity contribution in [2.75, 3.05) is 0 Å². The van der Waals surface area contributed by atoms with E-state index >= 15 is 0 Å². The Balaban J connectivity index is 2.34. The second kappa shape index (κ2) is 4.09. The highest BCUT2D eigenvalue weighted by Gasteiger charge is 2.34. The summed E-state index contributed by atoms with van der Waals surface area (Å²) >= 11 is 6.08. The van der Waals surface area contributed by atoms with E-state index in [2.05, 4.69) is 0 Å². The highest BCUT2D eigenvalue weighted by atomic mass is 35.5. The summed E-state index contributed by atoms with van der Waals surface area (Å²) in [7, 11) is 0. The van der Waals surface area contributed by atoms with Gasteiger partial charge in [0.25, 0.3) is 0 Å². The summed E-state index contributed by atoms with van der Waals surface area (Å²) in [4.78, 5) is 0. The first-order valence-electron chi connectivity index (χ1n) is 5.19. The number of hydrogen-bond acceptors (Lipinski definition) is 0. The third kappa shape index (κ3) is 1.87. The molecule has 0 aliphatic heterocycles. The average Bonchev–Trinajstić information content (AvgIpc) is 2.53. The SMILES string of the molecule is CC1C(Cl)CCC1c1cccc(F)c1F. The van der Waals surface area contributed by atoms with Crippen molar-refractivity contribution in [1.82, 2.24) is 0 Å². The van der Waals surface area contributed by atoms with Crippen LogP contribution in [0.3, 0.4) is 0 Å². The molecule has 0 N–H and O–H groups in total. The van der Waals surface area contributed by atoms with Gasteiger partial charge in [-0.25, -0.2) is 8.78 Å². The number of benzene rings is 1. The quantitative estimate of drug-likeness (QED) is 0.638. The Morgan fingerprint density at radius 2 is 2.00 bits per heavy atom. The molecule has 82 valence electrons. The fraction of sp³-hybridized carbons (Fsp3) is 0.500. The first kappa shape index (κ1) is 10.9. The molecule has 1 saturated carbocycles. The number of alkyl halides is 1. The molecule has 0 aromatic heterocycles. The van der Waals surface area contributed by atoms with Crippen molar-refractivity contribution in [3.8, 4) is 0 Å². The molecule has 0 amide bonds. The normalized spacial score (nSPS) is 30.8. The summed E-state index contributed by atoms with van der Waals surface area (Å²) in [5, 5.41) is 0.0812. The number of hydrogen-bond donors (Lipinski definition) is 0. The second-order valence-electron chi connectivity index (χ2n) is 4.20. The maximum Gasteiger partial charge on any atom is 0.162 e. The second-order valence-corrected chi connectivity index (χ2v) is 4.76. The first-order chi connectivity index (χ1) is 7.11. The summed E-state index contributed by atoms with van der Waals surface area (Å²) in [5.41, 5.74) is 0.477. The molecule has 3 unspecified atom stereocenters. The van der Waals surface area contributed by atoms with Crippen LogP contribution in [0.1, 0.15) is 31.2 Å². The molecule has 3 atom stereocenters. The van der Waals surface area contributed by atoms with E-state index < -0.39 is 11.6 Å². The van der Waals surface area contributed by atoms with Crippen LogP contribution in [-0.4, -0.2) is 5.38 Å². The van der Waals surface area contributed by atoms with Crippen LogP contribution >= 0.6 is 11.6 Å². The van der Waals surface area contributed by atoms with Gasteiger partial charge in [-0.1, -0.05) is 19.1 Å². The third-order valence-electron chi connectivity index (χ3n) is 3.34.